The quantitative estimate of drug-likeness (QED) is 0.0866. The van der Waals surface area contributed by atoms with E-state index in [0.29, 0.717) is 37.2 Å². The summed E-state index contributed by atoms with van der Waals surface area (Å²) in [6.07, 6.45) is 7.38. The van der Waals surface area contributed by atoms with E-state index < -0.39 is 18.0 Å². The average Bonchev–Trinajstić information content (AvgIpc) is 3.09. The molecule has 0 heterocycles. The Morgan fingerprint density at radius 2 is 1.28 bits per heavy atom. The average molecular weight is 695 g/mol. The van der Waals surface area contributed by atoms with Gasteiger partial charge in [-0.05, 0) is 54.0 Å². The maximum Gasteiger partial charge on any atom is 0.335 e. The summed E-state index contributed by atoms with van der Waals surface area (Å²) < 4.78 is 0. The molecule has 50 heavy (non-hydrogen) atoms. The van der Waals surface area contributed by atoms with Gasteiger partial charge in [0, 0.05) is 26.1 Å². The molecule has 274 valence electrons. The van der Waals surface area contributed by atoms with Crippen molar-refractivity contribution in [1.82, 2.24) is 21.3 Å². The molecule has 6 N–H and O–H groups in total. The van der Waals surface area contributed by atoms with Crippen LogP contribution in [0.4, 0.5) is 0 Å². The lowest BCUT2D eigenvalue weighted by Crippen LogP contribution is -2.50. The summed E-state index contributed by atoms with van der Waals surface area (Å²) in [4.78, 5) is 72.8. The highest BCUT2D eigenvalue weighted by atomic mass is 16.4. The first-order chi connectivity index (χ1) is 23.9. The molecule has 2 rings (SSSR count). The second-order valence-corrected chi connectivity index (χ2v) is 12.8. The number of hydrogen-bond donors (Lipinski definition) is 6. The number of carbonyl (C=O) groups excluding carboxylic acids is 4. The maximum absolute atomic E-state index is 12.9. The molecule has 0 spiro atoms. The molecular formula is C38H54N4O8. The van der Waals surface area contributed by atoms with Crippen molar-refractivity contribution in [2.75, 3.05) is 19.6 Å². The number of benzene rings is 2. The van der Waals surface area contributed by atoms with Gasteiger partial charge in [-0.25, -0.2) is 9.59 Å². The Morgan fingerprint density at radius 1 is 0.660 bits per heavy atom. The van der Waals surface area contributed by atoms with Gasteiger partial charge < -0.3 is 31.5 Å². The van der Waals surface area contributed by atoms with Gasteiger partial charge in [0.15, 0.2) is 0 Å². The second-order valence-electron chi connectivity index (χ2n) is 12.8. The number of carbonyl (C=O) groups is 6. The third-order valence-corrected chi connectivity index (χ3v) is 8.84. The Bertz CT molecular complexity index is 1410. The highest BCUT2D eigenvalue weighted by molar-refractivity contribution is 5.92. The zero-order valence-electron chi connectivity index (χ0n) is 29.6. The summed E-state index contributed by atoms with van der Waals surface area (Å²) >= 11 is 0. The molecule has 12 nitrogen and oxygen atoms in total. The van der Waals surface area contributed by atoms with Gasteiger partial charge in [-0.15, -0.1) is 0 Å². The minimum atomic E-state index is -1.07. The lowest BCUT2D eigenvalue weighted by atomic mass is 9.97. The van der Waals surface area contributed by atoms with Crippen molar-refractivity contribution in [3.05, 3.63) is 70.8 Å². The third kappa shape index (κ3) is 15.7. The van der Waals surface area contributed by atoms with Crippen molar-refractivity contribution in [2.24, 2.45) is 11.8 Å². The molecule has 0 aliphatic carbocycles. The molecule has 2 aromatic rings. The smallest absolute Gasteiger partial charge is 0.335 e. The molecule has 3 atom stereocenters. The van der Waals surface area contributed by atoms with Crippen molar-refractivity contribution < 1.29 is 39.0 Å². The molecule has 0 aromatic heterocycles. The predicted molar refractivity (Wildman–Crippen MR) is 191 cm³/mol. The Hall–Kier alpha value is -4.74. The van der Waals surface area contributed by atoms with E-state index in [9.17, 15) is 33.9 Å². The molecule has 0 bridgehead atoms. The summed E-state index contributed by atoms with van der Waals surface area (Å²) in [5, 5.41) is 29.9. The van der Waals surface area contributed by atoms with Crippen LogP contribution in [0, 0.1) is 11.8 Å². The molecule has 2 unspecified atom stereocenters. The molecular weight excluding hydrogens is 640 g/mol. The largest absolute Gasteiger partial charge is 0.478 e. The monoisotopic (exact) mass is 694 g/mol. The van der Waals surface area contributed by atoms with Crippen LogP contribution in [0.3, 0.4) is 0 Å². The topological polar surface area (TPSA) is 191 Å². The van der Waals surface area contributed by atoms with Crippen LogP contribution in [0.25, 0.3) is 0 Å². The van der Waals surface area contributed by atoms with Crippen molar-refractivity contribution in [1.29, 1.82) is 0 Å². The zero-order valence-corrected chi connectivity index (χ0v) is 29.6. The Labute approximate surface area is 295 Å². The van der Waals surface area contributed by atoms with E-state index in [1.54, 1.807) is 30.3 Å². The number of aromatic carboxylic acids is 2. The van der Waals surface area contributed by atoms with Gasteiger partial charge in [0.1, 0.15) is 6.04 Å². The number of amides is 4. The first-order valence-corrected chi connectivity index (χ1v) is 17.7. The normalized spacial score (nSPS) is 12.6. The van der Waals surface area contributed by atoms with Gasteiger partial charge in [0.2, 0.25) is 23.6 Å². The maximum atomic E-state index is 12.9. The highest BCUT2D eigenvalue weighted by Gasteiger charge is 2.25. The van der Waals surface area contributed by atoms with Crippen LogP contribution in [0.15, 0.2) is 48.5 Å². The second kappa shape index (κ2) is 22.8. The van der Waals surface area contributed by atoms with E-state index in [0.717, 1.165) is 51.4 Å². The number of carboxylic acids is 2. The summed E-state index contributed by atoms with van der Waals surface area (Å²) in [6.45, 7) is 7.30. The van der Waals surface area contributed by atoms with Crippen molar-refractivity contribution in [3.8, 4) is 0 Å². The zero-order chi connectivity index (χ0) is 36.9. The van der Waals surface area contributed by atoms with Crippen molar-refractivity contribution in [3.63, 3.8) is 0 Å². The SMILES string of the molecule is CCC(CNC(=O)Cc1ccccc1C(=O)O)CC(=O)NCCCCCCCCNC(=O)[C@@H](NC(=O)Cc1ccc(C(=O)O)cc1)C(C)CC. The van der Waals surface area contributed by atoms with E-state index in [2.05, 4.69) is 21.3 Å². The molecule has 0 saturated carbocycles. The van der Waals surface area contributed by atoms with Crippen LogP contribution in [0.2, 0.25) is 0 Å². The Balaban J connectivity index is 1.57. The van der Waals surface area contributed by atoms with Gasteiger partial charge in [-0.2, -0.15) is 0 Å². The van der Waals surface area contributed by atoms with Gasteiger partial charge in [0.05, 0.1) is 24.0 Å². The third-order valence-electron chi connectivity index (χ3n) is 8.84. The molecule has 0 fully saturated rings. The molecule has 2 aromatic carbocycles. The fraction of sp³-hybridized carbons (Fsp3) is 0.526. The van der Waals surface area contributed by atoms with E-state index in [4.69, 9.17) is 5.11 Å². The fourth-order valence-electron chi connectivity index (χ4n) is 5.46. The minimum Gasteiger partial charge on any atom is -0.478 e. The van der Waals surface area contributed by atoms with Crippen LogP contribution in [-0.2, 0) is 32.0 Å². The lowest BCUT2D eigenvalue weighted by molar-refractivity contribution is -0.130. The minimum absolute atomic E-state index is 0.0177. The van der Waals surface area contributed by atoms with Gasteiger partial charge in [0.25, 0.3) is 0 Å². The molecule has 0 aliphatic heterocycles. The van der Waals surface area contributed by atoms with Crippen LogP contribution in [0.1, 0.15) is 110 Å². The Morgan fingerprint density at radius 3 is 1.88 bits per heavy atom. The van der Waals surface area contributed by atoms with Crippen LogP contribution in [0.5, 0.6) is 0 Å². The van der Waals surface area contributed by atoms with E-state index >= 15 is 0 Å². The first kappa shape index (κ1) is 41.4. The molecule has 12 heteroatoms. The van der Waals surface area contributed by atoms with Gasteiger partial charge in [-0.3, -0.25) is 19.2 Å². The summed E-state index contributed by atoms with van der Waals surface area (Å²) in [5.74, 6) is -3.01. The molecule has 4 amide bonds. The van der Waals surface area contributed by atoms with E-state index in [1.165, 1.54) is 18.2 Å². The van der Waals surface area contributed by atoms with Crippen molar-refractivity contribution in [2.45, 2.75) is 97.4 Å². The summed E-state index contributed by atoms with van der Waals surface area (Å²) in [7, 11) is 0. The number of carboxylic acid groups (broad SMARTS) is 2. The molecule has 0 radical (unpaired) electrons. The summed E-state index contributed by atoms with van der Waals surface area (Å²) in [6, 6.07) is 11.9. The van der Waals surface area contributed by atoms with Gasteiger partial charge >= 0.3 is 11.9 Å². The number of rotatable bonds is 24. The molecule has 0 saturated heterocycles. The lowest BCUT2D eigenvalue weighted by Gasteiger charge is -2.23. The number of nitrogens with one attached hydrogen (secondary N) is 4. The van der Waals surface area contributed by atoms with E-state index in [-0.39, 0.29) is 59.4 Å². The molecule has 0 aliphatic rings. The van der Waals surface area contributed by atoms with Crippen LogP contribution < -0.4 is 21.3 Å². The summed E-state index contributed by atoms with van der Waals surface area (Å²) in [5.41, 5.74) is 1.37. The first-order valence-electron chi connectivity index (χ1n) is 17.7. The van der Waals surface area contributed by atoms with Crippen LogP contribution in [-0.4, -0.2) is 71.5 Å². The number of hydrogen-bond acceptors (Lipinski definition) is 6. The fourth-order valence-corrected chi connectivity index (χ4v) is 5.46. The van der Waals surface area contributed by atoms with Gasteiger partial charge in [-0.1, -0.05) is 89.6 Å². The van der Waals surface area contributed by atoms with E-state index in [1.807, 2.05) is 20.8 Å². The predicted octanol–water partition coefficient (Wildman–Crippen LogP) is 4.50. The standard InChI is InChI=1S/C38H54N4O8/c1-4-26(3)35(42-34(45)23-28-16-18-29(19-17-28)37(47)48)36(46)40-21-13-9-7-6-8-12-20-39-32(43)22-27(5-2)25-41-33(44)24-30-14-10-11-15-31(30)38(49)50/h10-11,14-19,26-27,35H,4-9,12-13,20-25H2,1-3H3,(H,39,43)(H,40,46)(H,41,44)(H,42,45)(H,47,48)(H,49,50)/t26?,27?,35-/m0/s1. The number of unbranched alkanes of at least 4 members (excludes halogenated alkanes) is 5. The highest BCUT2D eigenvalue weighted by Crippen LogP contribution is 2.13. The van der Waals surface area contributed by atoms with Crippen molar-refractivity contribution >= 4 is 35.6 Å². The Kier molecular flexibility index (Phi) is 18.9. The van der Waals surface area contributed by atoms with Crippen LogP contribution >= 0.6 is 0 Å².